The van der Waals surface area contributed by atoms with Crippen molar-refractivity contribution < 1.29 is 9.90 Å². The molecule has 1 heterocycles. The lowest BCUT2D eigenvalue weighted by atomic mass is 10.1. The molecular formula is C20H14N2O2S. The molecule has 0 bridgehead atoms. The minimum absolute atomic E-state index is 0.178. The number of aromatic hydroxyl groups is 1. The maximum atomic E-state index is 12.9. The number of benzene rings is 3. The number of phenolic OH excluding ortho intramolecular Hbond substituents is 1. The second-order valence-corrected chi connectivity index (χ2v) is 6.68. The second-order valence-electron chi connectivity index (χ2n) is 5.65. The van der Waals surface area contributed by atoms with Crippen LogP contribution in [0.5, 0.6) is 5.75 Å². The Morgan fingerprint density at radius 2 is 1.68 bits per heavy atom. The molecule has 3 aromatic rings. The average Bonchev–Trinajstić information content (AvgIpc) is 2.90. The Morgan fingerprint density at radius 1 is 0.960 bits per heavy atom. The van der Waals surface area contributed by atoms with Crippen LogP contribution in [0, 0.1) is 5.41 Å². The molecule has 1 saturated heterocycles. The number of fused-ring (bicyclic) bond motifs is 1. The van der Waals surface area contributed by atoms with E-state index in [0.29, 0.717) is 4.91 Å². The maximum absolute atomic E-state index is 12.9. The van der Waals surface area contributed by atoms with Crippen LogP contribution in [0.15, 0.2) is 71.6 Å². The quantitative estimate of drug-likeness (QED) is 0.667. The Kier molecular flexibility index (Phi) is 3.78. The molecule has 3 aromatic carbocycles. The molecule has 0 radical (unpaired) electrons. The third-order valence-electron chi connectivity index (χ3n) is 4.02. The summed E-state index contributed by atoms with van der Waals surface area (Å²) in [7, 11) is 0. The van der Waals surface area contributed by atoms with Gasteiger partial charge in [-0.1, -0.05) is 48.5 Å². The number of anilines is 1. The highest BCUT2D eigenvalue weighted by molar-refractivity contribution is 8.19. The number of hydrogen-bond acceptors (Lipinski definition) is 4. The Bertz CT molecular complexity index is 1020. The number of carbonyl (C=O) groups is 1. The summed E-state index contributed by atoms with van der Waals surface area (Å²) < 4.78 is 0. The highest BCUT2D eigenvalue weighted by atomic mass is 32.2. The van der Waals surface area contributed by atoms with E-state index >= 15 is 0 Å². The molecule has 4 nitrogen and oxygen atoms in total. The number of phenols is 1. The summed E-state index contributed by atoms with van der Waals surface area (Å²) in [5.41, 5.74) is 1.52. The van der Waals surface area contributed by atoms with E-state index in [1.807, 2.05) is 42.5 Å². The first kappa shape index (κ1) is 15.5. The van der Waals surface area contributed by atoms with Gasteiger partial charge in [-0.3, -0.25) is 15.1 Å². The summed E-state index contributed by atoms with van der Waals surface area (Å²) in [5.74, 6) is -0.0305. The van der Waals surface area contributed by atoms with Crippen molar-refractivity contribution in [2.45, 2.75) is 0 Å². The fraction of sp³-hybridized carbons (Fsp3) is 0. The van der Waals surface area contributed by atoms with Gasteiger partial charge in [-0.05, 0) is 47.0 Å². The fourth-order valence-corrected chi connectivity index (χ4v) is 3.69. The molecule has 4 rings (SSSR count). The van der Waals surface area contributed by atoms with E-state index in [1.165, 1.54) is 4.90 Å². The lowest BCUT2D eigenvalue weighted by molar-refractivity contribution is -0.113. The van der Waals surface area contributed by atoms with Crippen LogP contribution >= 0.6 is 11.8 Å². The van der Waals surface area contributed by atoms with Gasteiger partial charge in [0.1, 0.15) is 5.75 Å². The summed E-state index contributed by atoms with van der Waals surface area (Å²) in [4.78, 5) is 14.8. The molecule has 1 aliphatic heterocycles. The number of hydrogen-bond donors (Lipinski definition) is 2. The molecule has 0 saturated carbocycles. The van der Waals surface area contributed by atoms with Gasteiger partial charge in [-0.2, -0.15) is 0 Å². The largest absolute Gasteiger partial charge is 0.508 e. The molecule has 0 aromatic heterocycles. The molecule has 0 atom stereocenters. The van der Waals surface area contributed by atoms with Crippen molar-refractivity contribution in [3.05, 3.63) is 77.2 Å². The van der Waals surface area contributed by atoms with Gasteiger partial charge < -0.3 is 5.11 Å². The van der Waals surface area contributed by atoms with Crippen LogP contribution in [0.3, 0.4) is 0 Å². The van der Waals surface area contributed by atoms with E-state index in [4.69, 9.17) is 5.41 Å². The number of amides is 1. The number of amidine groups is 1. The summed E-state index contributed by atoms with van der Waals surface area (Å²) >= 11 is 1.14. The zero-order valence-corrected chi connectivity index (χ0v) is 14.0. The predicted octanol–water partition coefficient (Wildman–Crippen LogP) is 4.60. The average molecular weight is 346 g/mol. The molecule has 122 valence electrons. The summed E-state index contributed by atoms with van der Waals surface area (Å²) in [6.07, 6.45) is 1.74. The maximum Gasteiger partial charge on any atom is 0.271 e. The van der Waals surface area contributed by atoms with Crippen LogP contribution in [-0.4, -0.2) is 16.2 Å². The zero-order valence-electron chi connectivity index (χ0n) is 13.1. The molecular weight excluding hydrogens is 332 g/mol. The molecule has 1 amide bonds. The van der Waals surface area contributed by atoms with Gasteiger partial charge in [0.15, 0.2) is 5.17 Å². The van der Waals surface area contributed by atoms with Crippen LogP contribution in [-0.2, 0) is 4.79 Å². The first-order valence-corrected chi connectivity index (χ1v) is 8.54. The van der Waals surface area contributed by atoms with E-state index in [1.54, 1.807) is 30.3 Å². The van der Waals surface area contributed by atoms with Gasteiger partial charge in [0.05, 0.1) is 10.6 Å². The van der Waals surface area contributed by atoms with Crippen molar-refractivity contribution in [3.8, 4) is 5.75 Å². The van der Waals surface area contributed by atoms with Crippen LogP contribution < -0.4 is 4.90 Å². The highest BCUT2D eigenvalue weighted by Gasteiger charge is 2.34. The van der Waals surface area contributed by atoms with E-state index in [-0.39, 0.29) is 16.8 Å². The topological polar surface area (TPSA) is 64.4 Å². The molecule has 0 spiro atoms. The van der Waals surface area contributed by atoms with Gasteiger partial charge in [-0.25, -0.2) is 0 Å². The Morgan fingerprint density at radius 3 is 2.48 bits per heavy atom. The van der Waals surface area contributed by atoms with Gasteiger partial charge in [0.2, 0.25) is 0 Å². The van der Waals surface area contributed by atoms with Gasteiger partial charge >= 0.3 is 0 Å². The SMILES string of the molecule is N=C1S/C(=C/c2ccc(O)cc2)C(=O)N1c1cccc2ccccc12. The third kappa shape index (κ3) is 2.79. The highest BCUT2D eigenvalue weighted by Crippen LogP contribution is 2.38. The van der Waals surface area contributed by atoms with Crippen LogP contribution in [0.4, 0.5) is 5.69 Å². The minimum Gasteiger partial charge on any atom is -0.508 e. The smallest absolute Gasteiger partial charge is 0.271 e. The summed E-state index contributed by atoms with van der Waals surface area (Å²) in [6.45, 7) is 0. The van der Waals surface area contributed by atoms with Crippen LogP contribution in [0.25, 0.3) is 16.8 Å². The van der Waals surface area contributed by atoms with Crippen molar-refractivity contribution in [1.29, 1.82) is 5.41 Å². The van der Waals surface area contributed by atoms with Gasteiger partial charge in [0, 0.05) is 5.39 Å². The number of nitrogens with one attached hydrogen (secondary N) is 1. The molecule has 5 heteroatoms. The Labute approximate surface area is 148 Å². The standard InChI is InChI=1S/C20H14N2O2S/c21-20-22(17-7-3-5-14-4-1-2-6-16(14)17)19(24)18(25-20)12-13-8-10-15(23)11-9-13/h1-12,21,23H/b18-12+,21-20?. The molecule has 25 heavy (non-hydrogen) atoms. The van der Waals surface area contributed by atoms with Crippen molar-refractivity contribution in [3.63, 3.8) is 0 Å². The molecule has 0 aliphatic carbocycles. The van der Waals surface area contributed by atoms with Crippen LogP contribution in [0.1, 0.15) is 5.56 Å². The predicted molar refractivity (Wildman–Crippen MR) is 103 cm³/mol. The molecule has 1 fully saturated rings. The number of carbonyl (C=O) groups excluding carboxylic acids is 1. The lowest BCUT2D eigenvalue weighted by Gasteiger charge is -2.16. The summed E-state index contributed by atoms with van der Waals surface area (Å²) in [6, 6.07) is 20.2. The van der Waals surface area contributed by atoms with Gasteiger partial charge in [0.25, 0.3) is 5.91 Å². The first-order valence-electron chi connectivity index (χ1n) is 7.73. The van der Waals surface area contributed by atoms with Gasteiger partial charge in [-0.15, -0.1) is 0 Å². The van der Waals surface area contributed by atoms with E-state index in [9.17, 15) is 9.90 Å². The van der Waals surface area contributed by atoms with Crippen molar-refractivity contribution in [2.24, 2.45) is 0 Å². The van der Waals surface area contributed by atoms with E-state index < -0.39 is 0 Å². The monoisotopic (exact) mass is 346 g/mol. The Hall–Kier alpha value is -3.05. The number of nitrogens with zero attached hydrogens (tertiary/aromatic N) is 1. The minimum atomic E-state index is -0.209. The van der Waals surface area contributed by atoms with E-state index in [0.717, 1.165) is 33.8 Å². The summed E-state index contributed by atoms with van der Waals surface area (Å²) in [5, 5.41) is 19.8. The zero-order chi connectivity index (χ0) is 17.4. The number of rotatable bonds is 2. The fourth-order valence-electron chi connectivity index (χ4n) is 2.83. The number of thioether (sulfide) groups is 1. The third-order valence-corrected chi connectivity index (χ3v) is 4.91. The Balaban J connectivity index is 1.75. The van der Waals surface area contributed by atoms with Crippen molar-refractivity contribution in [1.82, 2.24) is 0 Å². The van der Waals surface area contributed by atoms with E-state index in [2.05, 4.69) is 0 Å². The van der Waals surface area contributed by atoms with Crippen LogP contribution in [0.2, 0.25) is 0 Å². The lowest BCUT2D eigenvalue weighted by Crippen LogP contribution is -2.28. The second kappa shape index (κ2) is 6.11. The molecule has 2 N–H and O–H groups in total. The van der Waals surface area contributed by atoms with Crippen molar-refractivity contribution in [2.75, 3.05) is 4.90 Å². The van der Waals surface area contributed by atoms with Crippen molar-refractivity contribution >= 4 is 45.4 Å². The first-order chi connectivity index (χ1) is 12.1. The normalized spacial score (nSPS) is 16.2. The molecule has 0 unspecified atom stereocenters. The molecule has 1 aliphatic rings.